The van der Waals surface area contributed by atoms with E-state index in [1.807, 2.05) is 0 Å². The van der Waals surface area contributed by atoms with Crippen molar-refractivity contribution in [2.24, 2.45) is 5.92 Å². The summed E-state index contributed by atoms with van der Waals surface area (Å²) in [6, 6.07) is 3.31. The first-order valence-electron chi connectivity index (χ1n) is 3.61. The Kier molecular flexibility index (Phi) is 5.14. The Morgan fingerprint density at radius 2 is 2.08 bits per heavy atom. The molecule has 0 spiro atoms. The molecule has 0 heterocycles. The van der Waals surface area contributed by atoms with Crippen LogP contribution >= 0.6 is 0 Å². The van der Waals surface area contributed by atoms with Gasteiger partial charge in [0.2, 0.25) is 0 Å². The van der Waals surface area contributed by atoms with E-state index in [2.05, 4.69) is 0 Å². The van der Waals surface area contributed by atoms with Gasteiger partial charge in [-0.15, -0.1) is 0 Å². The standard InChI is InChI=1S/C9H8F2N2/c1-7(6-13)5-9(11)8(10)3-2-4-12/h2-3,7H,5H2,1H3. The average Bonchev–Trinajstić information content (AvgIpc) is 2.13. The Hall–Kier alpha value is -1.68. The van der Waals surface area contributed by atoms with Crippen molar-refractivity contribution >= 4 is 0 Å². The number of halogens is 2. The fourth-order valence-corrected chi connectivity index (χ4v) is 0.613. The number of allylic oxidation sites excluding steroid dienone is 4. The summed E-state index contributed by atoms with van der Waals surface area (Å²) in [6.07, 6.45) is 1.31. The minimum atomic E-state index is -1.09. The second-order valence-corrected chi connectivity index (χ2v) is 2.45. The van der Waals surface area contributed by atoms with Crippen LogP contribution in [0.4, 0.5) is 8.78 Å². The predicted octanol–water partition coefficient (Wildman–Crippen LogP) is 2.77. The Labute approximate surface area is 75.4 Å². The highest BCUT2D eigenvalue weighted by molar-refractivity contribution is 5.20. The fraction of sp³-hybridized carbons (Fsp3) is 0.333. The highest BCUT2D eigenvalue weighted by Gasteiger charge is 2.08. The Morgan fingerprint density at radius 1 is 1.46 bits per heavy atom. The van der Waals surface area contributed by atoms with Crippen molar-refractivity contribution < 1.29 is 8.78 Å². The van der Waals surface area contributed by atoms with Crippen molar-refractivity contribution in [2.75, 3.05) is 0 Å². The molecule has 1 unspecified atom stereocenters. The van der Waals surface area contributed by atoms with Crippen LogP contribution < -0.4 is 0 Å². The second-order valence-electron chi connectivity index (χ2n) is 2.45. The lowest BCUT2D eigenvalue weighted by Crippen LogP contribution is -1.91. The Balaban J connectivity index is 4.39. The molecule has 0 aliphatic heterocycles. The van der Waals surface area contributed by atoms with Crippen LogP contribution in [0.3, 0.4) is 0 Å². The summed E-state index contributed by atoms with van der Waals surface area (Å²) >= 11 is 0. The lowest BCUT2D eigenvalue weighted by Gasteiger charge is -1.98. The first kappa shape index (κ1) is 11.3. The molecule has 0 bridgehead atoms. The smallest absolute Gasteiger partial charge is 0.155 e. The van der Waals surface area contributed by atoms with Gasteiger partial charge in [-0.25, -0.2) is 8.78 Å². The molecule has 1 atom stereocenters. The van der Waals surface area contributed by atoms with Crippen LogP contribution in [0.1, 0.15) is 13.3 Å². The van der Waals surface area contributed by atoms with Gasteiger partial charge in [0.25, 0.3) is 0 Å². The van der Waals surface area contributed by atoms with Crippen molar-refractivity contribution in [3.63, 3.8) is 0 Å². The van der Waals surface area contributed by atoms with Crippen LogP contribution in [0.2, 0.25) is 0 Å². The van der Waals surface area contributed by atoms with E-state index in [9.17, 15) is 8.78 Å². The van der Waals surface area contributed by atoms with E-state index in [1.165, 1.54) is 13.0 Å². The molecule has 0 amide bonds. The SMILES string of the molecule is CC(C#N)CC(F)=C(F)C=CC#N. The molecule has 4 heteroatoms. The normalized spacial score (nSPS) is 14.5. The van der Waals surface area contributed by atoms with Crippen LogP contribution in [0, 0.1) is 28.6 Å². The summed E-state index contributed by atoms with van der Waals surface area (Å²) in [7, 11) is 0. The molecule has 13 heavy (non-hydrogen) atoms. The molecule has 0 aromatic carbocycles. The van der Waals surface area contributed by atoms with Gasteiger partial charge in [0.05, 0.1) is 12.1 Å². The highest BCUT2D eigenvalue weighted by atomic mass is 19.2. The van der Waals surface area contributed by atoms with Gasteiger partial charge in [0, 0.05) is 18.4 Å². The van der Waals surface area contributed by atoms with E-state index >= 15 is 0 Å². The molecular formula is C9H8F2N2. The third-order valence-corrected chi connectivity index (χ3v) is 1.27. The Morgan fingerprint density at radius 3 is 2.54 bits per heavy atom. The van der Waals surface area contributed by atoms with Gasteiger partial charge in [0.15, 0.2) is 5.83 Å². The van der Waals surface area contributed by atoms with Crippen molar-refractivity contribution in [2.45, 2.75) is 13.3 Å². The van der Waals surface area contributed by atoms with E-state index in [-0.39, 0.29) is 6.42 Å². The van der Waals surface area contributed by atoms with Gasteiger partial charge in [-0.2, -0.15) is 10.5 Å². The zero-order valence-corrected chi connectivity index (χ0v) is 7.09. The van der Waals surface area contributed by atoms with Gasteiger partial charge in [0.1, 0.15) is 5.83 Å². The number of hydrogen-bond donors (Lipinski definition) is 0. The number of rotatable bonds is 3. The van der Waals surface area contributed by atoms with Crippen LogP contribution in [0.15, 0.2) is 23.8 Å². The van der Waals surface area contributed by atoms with E-state index < -0.39 is 17.6 Å². The summed E-state index contributed by atoms with van der Waals surface area (Å²) < 4.78 is 25.4. The maximum atomic E-state index is 12.8. The van der Waals surface area contributed by atoms with Crippen LogP contribution in [-0.2, 0) is 0 Å². The van der Waals surface area contributed by atoms with Gasteiger partial charge >= 0.3 is 0 Å². The summed E-state index contributed by atoms with van der Waals surface area (Å²) in [5.74, 6) is -2.66. The van der Waals surface area contributed by atoms with Crippen LogP contribution in [0.25, 0.3) is 0 Å². The molecule has 0 saturated carbocycles. The van der Waals surface area contributed by atoms with E-state index in [0.29, 0.717) is 0 Å². The van der Waals surface area contributed by atoms with E-state index in [1.54, 1.807) is 6.07 Å². The maximum Gasteiger partial charge on any atom is 0.155 e. The fourth-order valence-electron chi connectivity index (χ4n) is 0.613. The number of hydrogen-bond acceptors (Lipinski definition) is 2. The minimum Gasteiger partial charge on any atom is -0.209 e. The molecule has 0 rings (SSSR count). The molecule has 68 valence electrons. The summed E-state index contributed by atoms with van der Waals surface area (Å²) in [5, 5.41) is 16.3. The molecule has 0 N–H and O–H groups in total. The topological polar surface area (TPSA) is 47.6 Å². The third kappa shape index (κ3) is 4.71. The van der Waals surface area contributed by atoms with Crippen molar-refractivity contribution in [1.82, 2.24) is 0 Å². The summed E-state index contributed by atoms with van der Waals surface area (Å²) in [6.45, 7) is 1.49. The first-order chi connectivity index (χ1) is 6.11. The molecule has 0 aliphatic rings. The van der Waals surface area contributed by atoms with Crippen LogP contribution in [-0.4, -0.2) is 0 Å². The molecule has 0 radical (unpaired) electrons. The zero-order chi connectivity index (χ0) is 10.3. The van der Waals surface area contributed by atoms with Crippen LogP contribution in [0.5, 0.6) is 0 Å². The quantitative estimate of drug-likeness (QED) is 0.497. The van der Waals surface area contributed by atoms with Crippen molar-refractivity contribution in [3.05, 3.63) is 23.8 Å². The number of nitriles is 2. The lowest BCUT2D eigenvalue weighted by atomic mass is 10.1. The molecular weight excluding hydrogens is 174 g/mol. The average molecular weight is 182 g/mol. The molecule has 0 saturated heterocycles. The van der Waals surface area contributed by atoms with Crippen molar-refractivity contribution in [1.29, 1.82) is 10.5 Å². The first-order valence-corrected chi connectivity index (χ1v) is 3.61. The van der Waals surface area contributed by atoms with E-state index in [0.717, 1.165) is 12.2 Å². The minimum absolute atomic E-state index is 0.266. The zero-order valence-electron chi connectivity index (χ0n) is 7.09. The molecule has 0 aliphatic carbocycles. The lowest BCUT2D eigenvalue weighted by molar-refractivity contribution is 0.496. The molecule has 2 nitrogen and oxygen atoms in total. The van der Waals surface area contributed by atoms with Gasteiger partial charge in [-0.1, -0.05) is 0 Å². The predicted molar refractivity (Wildman–Crippen MR) is 43.4 cm³/mol. The molecule has 0 aromatic rings. The number of nitrogens with zero attached hydrogens (tertiary/aromatic N) is 2. The van der Waals surface area contributed by atoms with E-state index in [4.69, 9.17) is 10.5 Å². The summed E-state index contributed by atoms with van der Waals surface area (Å²) in [4.78, 5) is 0. The second kappa shape index (κ2) is 5.91. The molecule has 0 aromatic heterocycles. The third-order valence-electron chi connectivity index (χ3n) is 1.27. The van der Waals surface area contributed by atoms with Gasteiger partial charge < -0.3 is 0 Å². The Bertz CT molecular complexity index is 305. The monoisotopic (exact) mass is 182 g/mol. The van der Waals surface area contributed by atoms with Gasteiger partial charge in [-0.05, 0) is 13.0 Å². The van der Waals surface area contributed by atoms with Gasteiger partial charge in [-0.3, -0.25) is 0 Å². The highest BCUT2D eigenvalue weighted by Crippen LogP contribution is 2.17. The maximum absolute atomic E-state index is 12.8. The summed E-state index contributed by atoms with van der Waals surface area (Å²) in [5.41, 5.74) is 0. The molecule has 0 fully saturated rings. The largest absolute Gasteiger partial charge is 0.209 e. The van der Waals surface area contributed by atoms with Crippen molar-refractivity contribution in [3.8, 4) is 12.1 Å².